The summed E-state index contributed by atoms with van der Waals surface area (Å²) in [6.07, 6.45) is 1.56. The average molecular weight is 370 g/mol. The maximum atomic E-state index is 13.7. The van der Waals surface area contributed by atoms with Gasteiger partial charge in [0.25, 0.3) is 5.91 Å². The second kappa shape index (κ2) is 6.07. The maximum Gasteiger partial charge on any atom is 0.258 e. The molecule has 0 fully saturated rings. The van der Waals surface area contributed by atoms with Crippen molar-refractivity contribution in [3.63, 3.8) is 0 Å². The Hall–Kier alpha value is -2.55. The molecule has 1 aliphatic rings. The summed E-state index contributed by atoms with van der Waals surface area (Å²) in [5, 5.41) is 2.39. The number of hydrogen-bond donors (Lipinski definition) is 1. The number of rotatable bonds is 3. The van der Waals surface area contributed by atoms with Crippen LogP contribution < -0.4 is 9.62 Å². The summed E-state index contributed by atoms with van der Waals surface area (Å²) in [6.45, 7) is 0.295. The van der Waals surface area contributed by atoms with E-state index in [1.165, 1.54) is 16.4 Å². The lowest BCUT2D eigenvalue weighted by Gasteiger charge is -2.16. The largest absolute Gasteiger partial charge is 0.322 e. The van der Waals surface area contributed by atoms with Crippen LogP contribution in [0.25, 0.3) is 0 Å². The minimum atomic E-state index is -3.39. The van der Waals surface area contributed by atoms with Gasteiger partial charge in [0.15, 0.2) is 17.5 Å². The van der Waals surface area contributed by atoms with Gasteiger partial charge in [-0.15, -0.1) is 0 Å². The first-order valence-corrected chi connectivity index (χ1v) is 9.09. The van der Waals surface area contributed by atoms with Crippen LogP contribution in [-0.2, 0) is 16.4 Å². The summed E-state index contributed by atoms with van der Waals surface area (Å²) < 4.78 is 64.5. The van der Waals surface area contributed by atoms with E-state index in [4.69, 9.17) is 0 Å². The second-order valence-electron chi connectivity index (χ2n) is 5.61. The summed E-state index contributed by atoms with van der Waals surface area (Å²) in [7, 11) is -3.39. The molecule has 2 aromatic rings. The fourth-order valence-corrected chi connectivity index (χ4v) is 3.65. The Morgan fingerprint density at radius 1 is 1.12 bits per heavy atom. The lowest BCUT2D eigenvalue weighted by atomic mass is 10.1. The molecule has 0 bridgehead atoms. The summed E-state index contributed by atoms with van der Waals surface area (Å²) in [6, 6.07) is 6.07. The minimum absolute atomic E-state index is 0.295. The van der Waals surface area contributed by atoms with E-state index in [9.17, 15) is 26.4 Å². The standard InChI is InChI=1S/C16H13F3N2O3S/c1-25(23,24)21-7-6-9-8-10(2-5-13(9)21)20-16(22)11-3-4-12(17)15(19)14(11)18/h2-5,8H,6-7H2,1H3,(H,20,22). The number of carbonyl (C=O) groups is 1. The van der Waals surface area contributed by atoms with Crippen molar-refractivity contribution in [3.05, 3.63) is 58.9 Å². The Morgan fingerprint density at radius 2 is 1.84 bits per heavy atom. The Labute approximate surface area is 142 Å². The molecule has 0 aliphatic carbocycles. The van der Waals surface area contributed by atoms with Gasteiger partial charge in [-0.05, 0) is 42.3 Å². The van der Waals surface area contributed by atoms with Crippen molar-refractivity contribution in [1.29, 1.82) is 0 Å². The van der Waals surface area contributed by atoms with Crippen LogP contribution in [0.3, 0.4) is 0 Å². The second-order valence-corrected chi connectivity index (χ2v) is 7.51. The quantitative estimate of drug-likeness (QED) is 0.845. The van der Waals surface area contributed by atoms with E-state index < -0.39 is 38.9 Å². The predicted octanol–water partition coefficient (Wildman–Crippen LogP) is 2.68. The van der Waals surface area contributed by atoms with E-state index in [1.54, 1.807) is 6.07 Å². The van der Waals surface area contributed by atoms with Crippen molar-refractivity contribution in [1.82, 2.24) is 0 Å². The molecule has 0 unspecified atom stereocenters. The molecule has 0 saturated heterocycles. The third-order valence-corrected chi connectivity index (χ3v) is 5.05. The molecular formula is C16H13F3N2O3S. The Kier molecular flexibility index (Phi) is 4.19. The highest BCUT2D eigenvalue weighted by Crippen LogP contribution is 2.32. The van der Waals surface area contributed by atoms with Crippen molar-refractivity contribution < 1.29 is 26.4 Å². The zero-order valence-electron chi connectivity index (χ0n) is 13.0. The number of sulfonamides is 1. The lowest BCUT2D eigenvalue weighted by Crippen LogP contribution is -2.27. The first-order chi connectivity index (χ1) is 11.7. The molecule has 0 atom stereocenters. The van der Waals surface area contributed by atoms with Gasteiger partial charge in [-0.2, -0.15) is 0 Å². The van der Waals surface area contributed by atoms with Crippen LogP contribution in [0.5, 0.6) is 0 Å². The van der Waals surface area contributed by atoms with Gasteiger partial charge < -0.3 is 5.32 Å². The number of benzene rings is 2. The Morgan fingerprint density at radius 3 is 2.52 bits per heavy atom. The molecule has 3 rings (SSSR count). The molecule has 1 aliphatic heterocycles. The van der Waals surface area contributed by atoms with Gasteiger partial charge in [0.05, 0.1) is 17.5 Å². The van der Waals surface area contributed by atoms with E-state index >= 15 is 0 Å². The minimum Gasteiger partial charge on any atom is -0.322 e. The predicted molar refractivity (Wildman–Crippen MR) is 86.6 cm³/mol. The van der Waals surface area contributed by atoms with Gasteiger partial charge in [-0.25, -0.2) is 21.6 Å². The van der Waals surface area contributed by atoms with E-state index in [1.807, 2.05) is 0 Å². The van der Waals surface area contributed by atoms with Crippen LogP contribution >= 0.6 is 0 Å². The molecule has 5 nitrogen and oxygen atoms in total. The van der Waals surface area contributed by atoms with Crippen LogP contribution in [-0.4, -0.2) is 27.1 Å². The molecule has 25 heavy (non-hydrogen) atoms. The number of fused-ring (bicyclic) bond motifs is 1. The fraction of sp³-hybridized carbons (Fsp3) is 0.188. The van der Waals surface area contributed by atoms with Gasteiger partial charge in [0.2, 0.25) is 10.0 Å². The third kappa shape index (κ3) is 3.19. The number of nitrogens with zero attached hydrogens (tertiary/aromatic N) is 1. The van der Waals surface area contributed by atoms with Crippen LogP contribution in [0.4, 0.5) is 24.5 Å². The number of carbonyl (C=O) groups excluding carboxylic acids is 1. The van der Waals surface area contributed by atoms with Crippen molar-refractivity contribution in [2.45, 2.75) is 6.42 Å². The van der Waals surface area contributed by atoms with Gasteiger partial charge >= 0.3 is 0 Å². The molecular weight excluding hydrogens is 357 g/mol. The van der Waals surface area contributed by atoms with Crippen molar-refractivity contribution >= 4 is 27.3 Å². The first-order valence-electron chi connectivity index (χ1n) is 7.24. The maximum absolute atomic E-state index is 13.7. The number of anilines is 2. The summed E-state index contributed by atoms with van der Waals surface area (Å²) in [4.78, 5) is 12.1. The molecule has 0 spiro atoms. The van der Waals surface area contributed by atoms with Crippen LogP contribution in [0.1, 0.15) is 15.9 Å². The summed E-state index contributed by atoms with van der Waals surface area (Å²) in [5.74, 6) is -5.60. The van der Waals surface area contributed by atoms with Crippen molar-refractivity contribution in [2.75, 3.05) is 22.4 Å². The molecule has 9 heteroatoms. The third-order valence-electron chi connectivity index (χ3n) is 3.87. The van der Waals surface area contributed by atoms with Gasteiger partial charge in [0, 0.05) is 12.2 Å². The first kappa shape index (κ1) is 17.3. The zero-order valence-corrected chi connectivity index (χ0v) is 13.8. The monoisotopic (exact) mass is 370 g/mol. The van der Waals surface area contributed by atoms with E-state index in [2.05, 4.69) is 5.32 Å². The molecule has 2 aromatic carbocycles. The van der Waals surface area contributed by atoms with Gasteiger partial charge in [0.1, 0.15) is 0 Å². The average Bonchev–Trinajstić information content (AvgIpc) is 2.96. The molecule has 0 radical (unpaired) electrons. The highest BCUT2D eigenvalue weighted by Gasteiger charge is 2.26. The highest BCUT2D eigenvalue weighted by atomic mass is 32.2. The smallest absolute Gasteiger partial charge is 0.258 e. The van der Waals surface area contributed by atoms with E-state index in [0.717, 1.165) is 12.3 Å². The summed E-state index contributed by atoms with van der Waals surface area (Å²) >= 11 is 0. The number of nitrogens with one attached hydrogen (secondary N) is 1. The Bertz CT molecular complexity index is 977. The molecule has 1 amide bonds. The molecule has 1 heterocycles. The normalized spacial score (nSPS) is 13.7. The van der Waals surface area contributed by atoms with Crippen LogP contribution in [0.15, 0.2) is 30.3 Å². The van der Waals surface area contributed by atoms with Crippen molar-refractivity contribution in [3.8, 4) is 0 Å². The topological polar surface area (TPSA) is 66.5 Å². The van der Waals surface area contributed by atoms with Crippen LogP contribution in [0.2, 0.25) is 0 Å². The van der Waals surface area contributed by atoms with Crippen LogP contribution in [0, 0.1) is 17.5 Å². The molecule has 1 N–H and O–H groups in total. The number of amides is 1. The molecule has 0 saturated carbocycles. The van der Waals surface area contributed by atoms with Gasteiger partial charge in [-0.3, -0.25) is 9.10 Å². The zero-order chi connectivity index (χ0) is 18.4. The highest BCUT2D eigenvalue weighted by molar-refractivity contribution is 7.92. The lowest BCUT2D eigenvalue weighted by molar-refractivity contribution is 0.102. The fourth-order valence-electron chi connectivity index (χ4n) is 2.69. The summed E-state index contributed by atoms with van der Waals surface area (Å²) in [5.41, 5.74) is 0.883. The van der Waals surface area contributed by atoms with E-state index in [-0.39, 0.29) is 0 Å². The SMILES string of the molecule is CS(=O)(=O)N1CCc2cc(NC(=O)c3ccc(F)c(F)c3F)ccc21. The van der Waals surface area contributed by atoms with Crippen molar-refractivity contribution in [2.24, 2.45) is 0 Å². The van der Waals surface area contributed by atoms with E-state index in [0.29, 0.717) is 36.0 Å². The Balaban J connectivity index is 1.86. The number of hydrogen-bond acceptors (Lipinski definition) is 3. The number of halogens is 3. The molecule has 0 aromatic heterocycles. The van der Waals surface area contributed by atoms with Gasteiger partial charge in [-0.1, -0.05) is 0 Å². The molecule has 132 valence electrons.